The van der Waals surface area contributed by atoms with Crippen molar-refractivity contribution in [1.29, 1.82) is 0 Å². The van der Waals surface area contributed by atoms with E-state index in [0.29, 0.717) is 38.8 Å². The number of sulfone groups is 1. The van der Waals surface area contributed by atoms with Crippen LogP contribution in [0.5, 0.6) is 0 Å². The number of hydrogen-bond acceptors (Lipinski definition) is 4. The quantitative estimate of drug-likeness (QED) is 0.787. The molecule has 2 rings (SSSR count). The van der Waals surface area contributed by atoms with Gasteiger partial charge in [-0.05, 0) is 25.7 Å². The molecular weight excluding hydrogens is 296 g/mol. The van der Waals surface area contributed by atoms with Crippen LogP contribution in [0.4, 0.5) is 4.79 Å². The van der Waals surface area contributed by atoms with Gasteiger partial charge in [-0.3, -0.25) is 4.79 Å². The largest absolute Gasteiger partial charge is 0.481 e. The number of urea groups is 1. The number of nitrogens with zero attached hydrogens (tertiary/aromatic N) is 1. The summed E-state index contributed by atoms with van der Waals surface area (Å²) in [7, 11) is -3.02. The predicted octanol–water partition coefficient (Wildman–Crippen LogP) is 0.460. The van der Waals surface area contributed by atoms with Gasteiger partial charge in [0.1, 0.15) is 0 Å². The van der Waals surface area contributed by atoms with Gasteiger partial charge in [-0.15, -0.1) is 0 Å². The van der Waals surface area contributed by atoms with Gasteiger partial charge < -0.3 is 15.3 Å². The molecule has 2 heterocycles. The SMILES string of the molecule is CCC1(C(=O)O)CCN(C(=O)NC2CCS(=O)(=O)C2)CC1. The molecule has 0 bridgehead atoms. The van der Waals surface area contributed by atoms with Crippen LogP contribution in [0, 0.1) is 5.41 Å². The Balaban J connectivity index is 1.88. The maximum absolute atomic E-state index is 12.1. The van der Waals surface area contributed by atoms with Crippen LogP contribution in [0.1, 0.15) is 32.6 Å². The maximum atomic E-state index is 12.1. The second kappa shape index (κ2) is 5.82. The number of nitrogens with one attached hydrogen (secondary N) is 1. The summed E-state index contributed by atoms with van der Waals surface area (Å²) in [6.45, 7) is 2.64. The van der Waals surface area contributed by atoms with E-state index in [9.17, 15) is 23.1 Å². The Morgan fingerprint density at radius 3 is 2.38 bits per heavy atom. The molecular formula is C13H22N2O5S. The molecule has 8 heteroatoms. The number of carbonyl (C=O) groups is 2. The minimum absolute atomic E-state index is 0.000599. The molecule has 0 aliphatic carbocycles. The van der Waals surface area contributed by atoms with Crippen LogP contribution < -0.4 is 5.32 Å². The average molecular weight is 318 g/mol. The number of rotatable bonds is 3. The monoisotopic (exact) mass is 318 g/mol. The van der Waals surface area contributed by atoms with Crippen LogP contribution in [0.2, 0.25) is 0 Å². The number of hydrogen-bond donors (Lipinski definition) is 2. The van der Waals surface area contributed by atoms with E-state index >= 15 is 0 Å². The molecule has 2 amide bonds. The second-order valence-corrected chi connectivity index (χ2v) is 8.20. The van der Waals surface area contributed by atoms with Crippen molar-refractivity contribution >= 4 is 21.8 Å². The molecule has 0 saturated carbocycles. The molecule has 0 aromatic rings. The Hall–Kier alpha value is -1.31. The van der Waals surface area contributed by atoms with E-state index in [1.807, 2.05) is 6.92 Å². The summed E-state index contributed by atoms with van der Waals surface area (Å²) in [4.78, 5) is 25.0. The van der Waals surface area contributed by atoms with Gasteiger partial charge in [0.05, 0.1) is 16.9 Å². The van der Waals surface area contributed by atoms with Crippen molar-refractivity contribution in [2.45, 2.75) is 38.6 Å². The maximum Gasteiger partial charge on any atom is 0.317 e. The molecule has 120 valence electrons. The molecule has 0 aromatic carbocycles. The van der Waals surface area contributed by atoms with E-state index in [0.717, 1.165) is 0 Å². The highest BCUT2D eigenvalue weighted by molar-refractivity contribution is 7.91. The van der Waals surface area contributed by atoms with E-state index in [1.54, 1.807) is 4.90 Å². The molecule has 7 nitrogen and oxygen atoms in total. The third-order valence-corrected chi connectivity index (χ3v) is 6.47. The summed E-state index contributed by atoms with van der Waals surface area (Å²) in [5, 5.41) is 12.1. The highest BCUT2D eigenvalue weighted by atomic mass is 32.2. The van der Waals surface area contributed by atoms with Crippen molar-refractivity contribution in [3.05, 3.63) is 0 Å². The number of amides is 2. The number of aliphatic carboxylic acids is 1. The van der Waals surface area contributed by atoms with Gasteiger partial charge in [-0.25, -0.2) is 13.2 Å². The van der Waals surface area contributed by atoms with Crippen molar-refractivity contribution in [2.75, 3.05) is 24.6 Å². The van der Waals surface area contributed by atoms with E-state index in [-0.39, 0.29) is 23.6 Å². The normalized spacial score (nSPS) is 27.3. The molecule has 2 aliphatic heterocycles. The fourth-order valence-corrected chi connectivity index (χ4v) is 4.70. The minimum Gasteiger partial charge on any atom is -0.481 e. The van der Waals surface area contributed by atoms with E-state index in [2.05, 4.69) is 5.32 Å². The molecule has 0 radical (unpaired) electrons. The number of piperidine rings is 1. The fourth-order valence-electron chi connectivity index (χ4n) is 3.03. The standard InChI is InChI=1S/C13H22N2O5S/c1-2-13(11(16)17)4-6-15(7-5-13)12(18)14-10-3-8-21(19,20)9-10/h10H,2-9H2,1H3,(H,14,18)(H,16,17). The Morgan fingerprint density at radius 1 is 1.33 bits per heavy atom. The fraction of sp³-hybridized carbons (Fsp3) is 0.846. The van der Waals surface area contributed by atoms with Crippen LogP contribution >= 0.6 is 0 Å². The molecule has 2 aliphatic rings. The van der Waals surface area contributed by atoms with Crippen LogP contribution in [0.15, 0.2) is 0 Å². The van der Waals surface area contributed by atoms with Crippen molar-refractivity contribution in [2.24, 2.45) is 5.41 Å². The lowest BCUT2D eigenvalue weighted by atomic mass is 9.76. The minimum atomic E-state index is -3.02. The molecule has 0 aromatic heterocycles. The first-order valence-electron chi connectivity index (χ1n) is 7.27. The van der Waals surface area contributed by atoms with Crippen molar-refractivity contribution in [3.8, 4) is 0 Å². The van der Waals surface area contributed by atoms with Gasteiger partial charge >= 0.3 is 12.0 Å². The van der Waals surface area contributed by atoms with Crippen molar-refractivity contribution in [1.82, 2.24) is 10.2 Å². The summed E-state index contributed by atoms with van der Waals surface area (Å²) in [6, 6.07) is -0.605. The van der Waals surface area contributed by atoms with Crippen molar-refractivity contribution in [3.63, 3.8) is 0 Å². The van der Waals surface area contributed by atoms with Crippen LogP contribution in [-0.2, 0) is 14.6 Å². The predicted molar refractivity (Wildman–Crippen MR) is 76.8 cm³/mol. The first kappa shape index (κ1) is 16.1. The Labute approximate surface area is 124 Å². The van der Waals surface area contributed by atoms with E-state index in [4.69, 9.17) is 0 Å². The number of carboxylic acid groups (broad SMARTS) is 1. The highest BCUT2D eigenvalue weighted by Gasteiger charge is 2.41. The van der Waals surface area contributed by atoms with Gasteiger partial charge in [0.25, 0.3) is 0 Å². The summed E-state index contributed by atoms with van der Waals surface area (Å²) in [6.07, 6.45) is 1.89. The van der Waals surface area contributed by atoms with Crippen LogP contribution in [-0.4, -0.2) is 61.1 Å². The van der Waals surface area contributed by atoms with Gasteiger partial charge in [-0.1, -0.05) is 6.92 Å². The third kappa shape index (κ3) is 3.48. The molecule has 0 spiro atoms. The highest BCUT2D eigenvalue weighted by Crippen LogP contribution is 2.35. The zero-order chi connectivity index (χ0) is 15.7. The summed E-state index contributed by atoms with van der Waals surface area (Å²) in [5.41, 5.74) is -0.729. The summed E-state index contributed by atoms with van der Waals surface area (Å²) < 4.78 is 22.7. The van der Waals surface area contributed by atoms with Crippen molar-refractivity contribution < 1.29 is 23.1 Å². The summed E-state index contributed by atoms with van der Waals surface area (Å²) >= 11 is 0. The Bertz CT molecular complexity index is 523. The lowest BCUT2D eigenvalue weighted by molar-refractivity contribution is -0.151. The first-order valence-corrected chi connectivity index (χ1v) is 9.09. The molecule has 1 atom stereocenters. The molecule has 1 unspecified atom stereocenters. The van der Waals surface area contributed by atoms with E-state index in [1.165, 1.54) is 0 Å². The number of carboxylic acids is 1. The topological polar surface area (TPSA) is 104 Å². The van der Waals surface area contributed by atoms with Crippen LogP contribution in [0.25, 0.3) is 0 Å². The summed E-state index contributed by atoms with van der Waals surface area (Å²) in [5.74, 6) is -0.678. The number of carbonyl (C=O) groups excluding carboxylic acids is 1. The first-order chi connectivity index (χ1) is 9.78. The van der Waals surface area contributed by atoms with Gasteiger partial charge in [0.2, 0.25) is 0 Å². The molecule has 21 heavy (non-hydrogen) atoms. The van der Waals surface area contributed by atoms with E-state index < -0.39 is 21.2 Å². The lowest BCUT2D eigenvalue weighted by Crippen LogP contribution is -2.51. The lowest BCUT2D eigenvalue weighted by Gasteiger charge is -2.38. The third-order valence-electron chi connectivity index (χ3n) is 4.70. The Morgan fingerprint density at radius 2 is 1.95 bits per heavy atom. The molecule has 2 saturated heterocycles. The molecule has 2 N–H and O–H groups in total. The smallest absolute Gasteiger partial charge is 0.317 e. The second-order valence-electron chi connectivity index (χ2n) is 5.98. The number of likely N-dealkylation sites (tertiary alicyclic amines) is 1. The van der Waals surface area contributed by atoms with Gasteiger partial charge in [0, 0.05) is 19.1 Å². The average Bonchev–Trinajstić information content (AvgIpc) is 2.77. The zero-order valence-electron chi connectivity index (χ0n) is 12.2. The van der Waals surface area contributed by atoms with Gasteiger partial charge in [0.15, 0.2) is 9.84 Å². The van der Waals surface area contributed by atoms with Gasteiger partial charge in [-0.2, -0.15) is 0 Å². The zero-order valence-corrected chi connectivity index (χ0v) is 13.0. The Kier molecular flexibility index (Phi) is 4.46. The van der Waals surface area contributed by atoms with Crippen LogP contribution in [0.3, 0.4) is 0 Å². The molecule has 2 fully saturated rings.